The van der Waals surface area contributed by atoms with Crippen LogP contribution in [0.2, 0.25) is 0 Å². The van der Waals surface area contributed by atoms with Gasteiger partial charge in [0.15, 0.2) is 16.6 Å². The standard InChI is InChI=1S/C13H15N7S/c14-10-9-20-3-1-15-11(20)12(17-10)18-4-6-19(7-5-18)13-16-2-8-21-13/h1-3,8-9H,4-7,14H2. The minimum absolute atomic E-state index is 0.512. The molecule has 3 aromatic heterocycles. The van der Waals surface area contributed by atoms with Crippen LogP contribution in [-0.2, 0) is 0 Å². The van der Waals surface area contributed by atoms with E-state index < -0.39 is 0 Å². The predicted molar refractivity (Wildman–Crippen MR) is 83.9 cm³/mol. The van der Waals surface area contributed by atoms with Gasteiger partial charge in [-0.05, 0) is 0 Å². The molecule has 0 unspecified atom stereocenters. The number of hydrogen-bond donors (Lipinski definition) is 1. The molecule has 108 valence electrons. The van der Waals surface area contributed by atoms with Crippen LogP contribution in [0, 0.1) is 0 Å². The van der Waals surface area contributed by atoms with Crippen molar-refractivity contribution >= 4 is 33.8 Å². The summed E-state index contributed by atoms with van der Waals surface area (Å²) in [7, 11) is 0. The second kappa shape index (κ2) is 4.88. The third kappa shape index (κ3) is 2.17. The molecule has 8 heteroatoms. The molecular formula is C13H15N7S. The Kier molecular flexibility index (Phi) is 2.88. The van der Waals surface area contributed by atoms with Crippen LogP contribution in [0.15, 0.2) is 30.2 Å². The van der Waals surface area contributed by atoms with Gasteiger partial charge in [-0.2, -0.15) is 0 Å². The molecule has 0 amide bonds. The first-order valence-corrected chi connectivity index (χ1v) is 7.68. The lowest BCUT2D eigenvalue weighted by molar-refractivity contribution is 0.646. The van der Waals surface area contributed by atoms with Gasteiger partial charge < -0.3 is 19.9 Å². The number of imidazole rings is 1. The molecule has 2 N–H and O–H groups in total. The largest absolute Gasteiger partial charge is 0.382 e. The van der Waals surface area contributed by atoms with E-state index >= 15 is 0 Å². The Morgan fingerprint density at radius 2 is 1.86 bits per heavy atom. The summed E-state index contributed by atoms with van der Waals surface area (Å²) in [5, 5.41) is 3.09. The van der Waals surface area contributed by atoms with Gasteiger partial charge in [0.05, 0.1) is 6.20 Å². The maximum atomic E-state index is 5.89. The van der Waals surface area contributed by atoms with E-state index in [1.165, 1.54) is 0 Å². The van der Waals surface area contributed by atoms with E-state index in [0.29, 0.717) is 5.82 Å². The Balaban J connectivity index is 1.59. The third-order valence-corrected chi connectivity index (χ3v) is 4.48. The zero-order chi connectivity index (χ0) is 14.2. The van der Waals surface area contributed by atoms with Crippen molar-refractivity contribution in [3.05, 3.63) is 30.2 Å². The highest BCUT2D eigenvalue weighted by atomic mass is 32.1. The SMILES string of the molecule is Nc1cn2ccnc2c(N2CCN(c3nccs3)CC2)n1. The summed E-state index contributed by atoms with van der Waals surface area (Å²) < 4.78 is 1.92. The van der Waals surface area contributed by atoms with Gasteiger partial charge in [-0.25, -0.2) is 15.0 Å². The van der Waals surface area contributed by atoms with Crippen LogP contribution in [0.5, 0.6) is 0 Å². The number of hydrogen-bond acceptors (Lipinski definition) is 7. The van der Waals surface area contributed by atoms with Crippen LogP contribution in [0.25, 0.3) is 5.65 Å². The van der Waals surface area contributed by atoms with Crippen molar-refractivity contribution in [2.45, 2.75) is 0 Å². The number of nitrogens with zero attached hydrogens (tertiary/aromatic N) is 6. The fourth-order valence-corrected chi connectivity index (χ4v) is 3.32. The Bertz CT molecular complexity index is 743. The van der Waals surface area contributed by atoms with Gasteiger partial charge in [-0.3, -0.25) is 0 Å². The molecule has 7 nitrogen and oxygen atoms in total. The summed E-state index contributed by atoms with van der Waals surface area (Å²) in [6.07, 6.45) is 7.30. The molecule has 1 saturated heterocycles. The molecule has 3 aromatic rings. The molecule has 1 aliphatic heterocycles. The number of nitrogens with two attached hydrogens (primary N) is 1. The van der Waals surface area contributed by atoms with Crippen LogP contribution in [-0.4, -0.2) is 45.5 Å². The summed E-state index contributed by atoms with van der Waals surface area (Å²) >= 11 is 1.68. The first-order chi connectivity index (χ1) is 10.3. The fraction of sp³-hybridized carbons (Fsp3) is 0.308. The molecule has 0 saturated carbocycles. The Morgan fingerprint density at radius 3 is 2.62 bits per heavy atom. The van der Waals surface area contributed by atoms with E-state index in [-0.39, 0.29) is 0 Å². The van der Waals surface area contributed by atoms with Gasteiger partial charge in [0.25, 0.3) is 0 Å². The Morgan fingerprint density at radius 1 is 1.05 bits per heavy atom. The second-order valence-corrected chi connectivity index (χ2v) is 5.81. The summed E-state index contributed by atoms with van der Waals surface area (Å²) in [5.74, 6) is 1.37. The lowest BCUT2D eigenvalue weighted by Crippen LogP contribution is -2.47. The van der Waals surface area contributed by atoms with Gasteiger partial charge in [0, 0.05) is 50.1 Å². The molecule has 0 aliphatic carbocycles. The van der Waals surface area contributed by atoms with E-state index in [1.807, 2.05) is 22.2 Å². The van der Waals surface area contributed by atoms with E-state index in [2.05, 4.69) is 24.8 Å². The maximum Gasteiger partial charge on any atom is 0.185 e. The van der Waals surface area contributed by atoms with Gasteiger partial charge in [-0.15, -0.1) is 11.3 Å². The number of nitrogen functional groups attached to an aromatic ring is 1. The van der Waals surface area contributed by atoms with Gasteiger partial charge in [0.2, 0.25) is 0 Å². The van der Waals surface area contributed by atoms with Crippen molar-refractivity contribution in [3.63, 3.8) is 0 Å². The van der Waals surface area contributed by atoms with Crippen LogP contribution >= 0.6 is 11.3 Å². The number of piperazine rings is 1. The smallest absolute Gasteiger partial charge is 0.185 e. The van der Waals surface area contributed by atoms with E-state index in [0.717, 1.165) is 42.8 Å². The summed E-state index contributed by atoms with van der Waals surface area (Å²) in [5.41, 5.74) is 6.74. The zero-order valence-corrected chi connectivity index (χ0v) is 12.2. The van der Waals surface area contributed by atoms with Crippen molar-refractivity contribution in [2.75, 3.05) is 41.7 Å². The van der Waals surface area contributed by atoms with Crippen molar-refractivity contribution in [2.24, 2.45) is 0 Å². The lowest BCUT2D eigenvalue weighted by Gasteiger charge is -2.35. The molecule has 1 fully saturated rings. The van der Waals surface area contributed by atoms with Crippen molar-refractivity contribution < 1.29 is 0 Å². The van der Waals surface area contributed by atoms with Crippen LogP contribution < -0.4 is 15.5 Å². The zero-order valence-electron chi connectivity index (χ0n) is 11.4. The molecule has 21 heavy (non-hydrogen) atoms. The number of aromatic nitrogens is 4. The summed E-state index contributed by atoms with van der Waals surface area (Å²) in [6, 6.07) is 0. The molecule has 0 radical (unpaired) electrons. The molecule has 0 spiro atoms. The Labute approximate surface area is 125 Å². The van der Waals surface area contributed by atoms with E-state index in [4.69, 9.17) is 5.73 Å². The predicted octanol–water partition coefficient (Wildman–Crippen LogP) is 1.09. The van der Waals surface area contributed by atoms with Crippen LogP contribution in [0.4, 0.5) is 16.8 Å². The van der Waals surface area contributed by atoms with Gasteiger partial charge in [0.1, 0.15) is 5.82 Å². The van der Waals surface area contributed by atoms with Crippen LogP contribution in [0.1, 0.15) is 0 Å². The van der Waals surface area contributed by atoms with Crippen molar-refractivity contribution in [1.82, 2.24) is 19.4 Å². The average molecular weight is 301 g/mol. The average Bonchev–Trinajstić information content (AvgIpc) is 3.17. The minimum Gasteiger partial charge on any atom is -0.382 e. The minimum atomic E-state index is 0.512. The van der Waals surface area contributed by atoms with Gasteiger partial charge >= 0.3 is 0 Å². The molecular weight excluding hydrogens is 286 g/mol. The molecule has 4 heterocycles. The lowest BCUT2D eigenvalue weighted by atomic mass is 10.3. The topological polar surface area (TPSA) is 75.6 Å². The highest BCUT2D eigenvalue weighted by Crippen LogP contribution is 2.24. The monoisotopic (exact) mass is 301 g/mol. The number of thiazole rings is 1. The molecule has 0 bridgehead atoms. The summed E-state index contributed by atoms with van der Waals surface area (Å²) in [4.78, 5) is 17.8. The molecule has 1 aliphatic rings. The first-order valence-electron chi connectivity index (χ1n) is 6.80. The van der Waals surface area contributed by atoms with Crippen LogP contribution in [0.3, 0.4) is 0 Å². The molecule has 4 rings (SSSR count). The molecule has 0 aromatic carbocycles. The second-order valence-electron chi connectivity index (χ2n) is 4.94. The Hall–Kier alpha value is -2.35. The third-order valence-electron chi connectivity index (χ3n) is 3.64. The number of rotatable bonds is 2. The quantitative estimate of drug-likeness (QED) is 0.764. The number of anilines is 3. The van der Waals surface area contributed by atoms with Crippen molar-refractivity contribution in [3.8, 4) is 0 Å². The van der Waals surface area contributed by atoms with E-state index in [1.54, 1.807) is 23.7 Å². The maximum absolute atomic E-state index is 5.89. The normalized spacial score (nSPS) is 15.8. The highest BCUT2D eigenvalue weighted by molar-refractivity contribution is 7.13. The van der Waals surface area contributed by atoms with Crippen molar-refractivity contribution in [1.29, 1.82) is 0 Å². The number of fused-ring (bicyclic) bond motifs is 1. The van der Waals surface area contributed by atoms with E-state index in [9.17, 15) is 0 Å². The summed E-state index contributed by atoms with van der Waals surface area (Å²) in [6.45, 7) is 3.63. The highest BCUT2D eigenvalue weighted by Gasteiger charge is 2.22. The van der Waals surface area contributed by atoms with Gasteiger partial charge in [-0.1, -0.05) is 0 Å². The molecule has 0 atom stereocenters. The fourth-order valence-electron chi connectivity index (χ4n) is 2.63. The first kappa shape index (κ1) is 12.4.